The summed E-state index contributed by atoms with van der Waals surface area (Å²) in [5, 5.41) is 21.2. The minimum Gasteiger partial charge on any atom is -0.371 e. The van der Waals surface area contributed by atoms with Crippen molar-refractivity contribution >= 4 is 34.3 Å². The average Bonchev–Trinajstić information content (AvgIpc) is 2.66. The summed E-state index contributed by atoms with van der Waals surface area (Å²) in [4.78, 5) is 12.6. The molecule has 11 heteroatoms. The standard InChI is InChI=1S/C18H14ClF3N2O4S/c1-16(29(27)28,12-5-3-2-4-6-12)17(26,18(20,21)22)15(25)24-13-8-7-11(10-23)14(19)9-13/h2-9,26H,1H3,(H,24,25)(H,27,28). The van der Waals surface area contributed by atoms with Gasteiger partial charge in [0.15, 0.2) is 11.1 Å². The Morgan fingerprint density at radius 2 is 1.79 bits per heavy atom. The Balaban J connectivity index is 2.62. The number of halogens is 4. The van der Waals surface area contributed by atoms with Crippen molar-refractivity contribution in [2.24, 2.45) is 0 Å². The monoisotopic (exact) mass is 446 g/mol. The molecule has 0 saturated carbocycles. The van der Waals surface area contributed by atoms with Gasteiger partial charge in [0.2, 0.25) is 0 Å². The van der Waals surface area contributed by atoms with Crippen molar-refractivity contribution in [1.82, 2.24) is 0 Å². The number of nitrogens with zero attached hydrogens (tertiary/aromatic N) is 1. The third kappa shape index (κ3) is 3.86. The summed E-state index contributed by atoms with van der Waals surface area (Å²) in [6, 6.07) is 11.3. The van der Waals surface area contributed by atoms with Crippen molar-refractivity contribution in [3.05, 3.63) is 64.7 Å². The van der Waals surface area contributed by atoms with Gasteiger partial charge in [-0.05, 0) is 30.7 Å². The maximum absolute atomic E-state index is 14.0. The zero-order valence-electron chi connectivity index (χ0n) is 14.7. The van der Waals surface area contributed by atoms with Crippen molar-refractivity contribution in [1.29, 1.82) is 5.26 Å². The zero-order chi connectivity index (χ0) is 22.0. The number of benzene rings is 2. The van der Waals surface area contributed by atoms with Crippen LogP contribution in [0, 0.1) is 11.3 Å². The Hall–Kier alpha value is -2.45. The Labute approximate surface area is 171 Å². The molecule has 1 amide bonds. The van der Waals surface area contributed by atoms with Crippen LogP contribution in [-0.2, 0) is 20.6 Å². The van der Waals surface area contributed by atoms with Crippen LogP contribution < -0.4 is 5.32 Å². The van der Waals surface area contributed by atoms with E-state index >= 15 is 0 Å². The molecular weight excluding hydrogens is 433 g/mol. The van der Waals surface area contributed by atoms with Crippen LogP contribution in [0.5, 0.6) is 0 Å². The molecule has 3 N–H and O–H groups in total. The topological polar surface area (TPSA) is 110 Å². The predicted molar refractivity (Wildman–Crippen MR) is 100 cm³/mol. The highest BCUT2D eigenvalue weighted by Gasteiger charge is 2.72. The minimum atomic E-state index is -5.63. The number of carbonyl (C=O) groups excluding carboxylic acids is 1. The number of alkyl halides is 3. The number of nitriles is 1. The number of nitrogens with one attached hydrogen (secondary N) is 1. The Bertz CT molecular complexity index is 997. The molecule has 0 aliphatic heterocycles. The molecule has 0 aliphatic rings. The normalized spacial score (nSPS) is 16.8. The zero-order valence-corrected chi connectivity index (χ0v) is 16.3. The first-order valence-corrected chi connectivity index (χ1v) is 9.34. The number of hydrogen-bond donors (Lipinski definition) is 3. The summed E-state index contributed by atoms with van der Waals surface area (Å²) in [7, 11) is 0. The molecule has 0 radical (unpaired) electrons. The van der Waals surface area contributed by atoms with Crippen molar-refractivity contribution in [3.8, 4) is 6.07 Å². The smallest absolute Gasteiger partial charge is 0.371 e. The van der Waals surface area contributed by atoms with Crippen LogP contribution in [0.1, 0.15) is 18.1 Å². The van der Waals surface area contributed by atoms with Gasteiger partial charge < -0.3 is 15.0 Å². The van der Waals surface area contributed by atoms with Crippen LogP contribution in [0.25, 0.3) is 0 Å². The lowest BCUT2D eigenvalue weighted by Crippen LogP contribution is -2.67. The Morgan fingerprint density at radius 1 is 1.21 bits per heavy atom. The molecule has 3 atom stereocenters. The van der Waals surface area contributed by atoms with Crippen LogP contribution >= 0.6 is 11.6 Å². The first-order valence-electron chi connectivity index (χ1n) is 7.86. The lowest BCUT2D eigenvalue weighted by atomic mass is 9.80. The molecule has 3 unspecified atom stereocenters. The molecule has 0 heterocycles. The molecule has 29 heavy (non-hydrogen) atoms. The van der Waals surface area contributed by atoms with Gasteiger partial charge in [0, 0.05) is 5.69 Å². The fraction of sp³-hybridized carbons (Fsp3) is 0.222. The molecule has 0 saturated heterocycles. The van der Waals surface area contributed by atoms with E-state index in [9.17, 15) is 31.8 Å². The molecule has 0 bridgehead atoms. The number of hydrogen-bond acceptors (Lipinski definition) is 4. The summed E-state index contributed by atoms with van der Waals surface area (Å²) >= 11 is 2.48. The Kier molecular flexibility index (Phi) is 6.39. The summed E-state index contributed by atoms with van der Waals surface area (Å²) in [6.07, 6.45) is -5.63. The van der Waals surface area contributed by atoms with Gasteiger partial charge in [-0.2, -0.15) is 18.4 Å². The summed E-state index contributed by atoms with van der Waals surface area (Å²) < 4.78 is 60.7. The van der Waals surface area contributed by atoms with Crippen molar-refractivity contribution in [2.75, 3.05) is 5.32 Å². The molecule has 0 spiro atoms. The number of amides is 1. The van der Waals surface area contributed by atoms with Crippen LogP contribution in [0.4, 0.5) is 18.9 Å². The summed E-state index contributed by atoms with van der Waals surface area (Å²) in [5.41, 5.74) is -4.91. The summed E-state index contributed by atoms with van der Waals surface area (Å²) in [6.45, 7) is 0.664. The van der Waals surface area contributed by atoms with Crippen LogP contribution in [-0.4, -0.2) is 31.6 Å². The second-order valence-corrected chi connectivity index (χ2v) is 7.84. The van der Waals surface area contributed by atoms with E-state index in [1.807, 2.05) is 5.32 Å². The first-order chi connectivity index (χ1) is 13.4. The van der Waals surface area contributed by atoms with Crippen LogP contribution in [0.2, 0.25) is 5.02 Å². The van der Waals surface area contributed by atoms with E-state index in [2.05, 4.69) is 0 Å². The molecule has 6 nitrogen and oxygen atoms in total. The third-order valence-electron chi connectivity index (χ3n) is 4.45. The van der Waals surface area contributed by atoms with E-state index in [-0.39, 0.29) is 21.8 Å². The van der Waals surface area contributed by atoms with E-state index in [4.69, 9.17) is 16.9 Å². The number of carbonyl (C=O) groups is 1. The fourth-order valence-corrected chi connectivity index (χ4v) is 3.73. The molecule has 0 aliphatic carbocycles. The van der Waals surface area contributed by atoms with Gasteiger partial charge in [-0.15, -0.1) is 0 Å². The SMILES string of the molecule is CC(c1ccccc1)(S(=O)O)C(O)(C(=O)Nc1ccc(C#N)c(Cl)c1)C(F)(F)F. The fourth-order valence-electron chi connectivity index (χ4n) is 2.71. The van der Waals surface area contributed by atoms with E-state index < -0.39 is 33.5 Å². The van der Waals surface area contributed by atoms with Gasteiger partial charge in [-0.25, -0.2) is 4.21 Å². The van der Waals surface area contributed by atoms with Crippen molar-refractivity contribution in [3.63, 3.8) is 0 Å². The van der Waals surface area contributed by atoms with Crippen LogP contribution in [0.3, 0.4) is 0 Å². The lowest BCUT2D eigenvalue weighted by Gasteiger charge is -2.42. The lowest BCUT2D eigenvalue weighted by molar-refractivity contribution is -0.260. The van der Waals surface area contributed by atoms with Gasteiger partial charge in [-0.1, -0.05) is 41.9 Å². The highest BCUT2D eigenvalue weighted by molar-refractivity contribution is 7.80. The quantitative estimate of drug-likeness (QED) is 0.608. The average molecular weight is 447 g/mol. The van der Waals surface area contributed by atoms with Gasteiger partial charge in [0.25, 0.3) is 11.5 Å². The highest BCUT2D eigenvalue weighted by Crippen LogP contribution is 2.48. The Morgan fingerprint density at radius 3 is 2.24 bits per heavy atom. The van der Waals surface area contributed by atoms with Crippen molar-refractivity contribution < 1.29 is 31.8 Å². The van der Waals surface area contributed by atoms with Gasteiger partial charge in [0.05, 0.1) is 10.6 Å². The highest BCUT2D eigenvalue weighted by atomic mass is 35.5. The van der Waals surface area contributed by atoms with Crippen LogP contribution in [0.15, 0.2) is 48.5 Å². The molecule has 154 valence electrons. The van der Waals surface area contributed by atoms with E-state index in [1.54, 1.807) is 6.07 Å². The van der Waals surface area contributed by atoms with Gasteiger partial charge in [0.1, 0.15) is 10.8 Å². The molecule has 2 rings (SSSR count). The molecule has 0 fully saturated rings. The molecular formula is C18H14ClF3N2O4S. The third-order valence-corrected chi connectivity index (χ3v) is 5.99. The number of aliphatic hydroxyl groups is 1. The molecule has 2 aromatic carbocycles. The first kappa shape index (κ1) is 22.8. The van der Waals surface area contributed by atoms with E-state index in [1.165, 1.54) is 18.2 Å². The minimum absolute atomic E-state index is 0.0151. The second-order valence-electron chi connectivity index (χ2n) is 6.12. The van der Waals surface area contributed by atoms with E-state index in [0.717, 1.165) is 30.3 Å². The largest absolute Gasteiger partial charge is 0.428 e. The maximum Gasteiger partial charge on any atom is 0.428 e. The number of anilines is 1. The van der Waals surface area contributed by atoms with Gasteiger partial charge >= 0.3 is 6.18 Å². The summed E-state index contributed by atoms with van der Waals surface area (Å²) in [5.74, 6) is -1.99. The van der Waals surface area contributed by atoms with Gasteiger partial charge in [-0.3, -0.25) is 4.79 Å². The number of rotatable bonds is 5. The molecule has 0 aromatic heterocycles. The van der Waals surface area contributed by atoms with Crippen molar-refractivity contribution in [2.45, 2.75) is 23.4 Å². The maximum atomic E-state index is 14.0. The molecule has 2 aromatic rings. The van der Waals surface area contributed by atoms with E-state index in [0.29, 0.717) is 6.92 Å². The predicted octanol–water partition coefficient (Wildman–Crippen LogP) is 3.58. The second kappa shape index (κ2) is 8.12.